The van der Waals surface area contributed by atoms with Gasteiger partial charge in [0.15, 0.2) is 0 Å². The number of carbonyl (C=O) groups excluding carboxylic acids is 1. The highest BCUT2D eigenvalue weighted by Crippen LogP contribution is 2.30. The lowest BCUT2D eigenvalue weighted by Crippen LogP contribution is -2.38. The number of aromatic nitrogens is 2. The molecule has 6 nitrogen and oxygen atoms in total. The minimum atomic E-state index is -0.277. The summed E-state index contributed by atoms with van der Waals surface area (Å²) < 4.78 is 0. The molecule has 3 N–H and O–H groups in total. The quantitative estimate of drug-likeness (QED) is 0.301. The molecule has 0 radical (unpaired) electrons. The molecule has 0 spiro atoms. The number of thioether (sulfide) groups is 1. The molecule has 0 saturated heterocycles. The number of hydrogen-bond donors (Lipinski definition) is 3. The third-order valence-corrected chi connectivity index (χ3v) is 7.63. The van der Waals surface area contributed by atoms with Crippen LogP contribution in [0.2, 0.25) is 0 Å². The maximum atomic E-state index is 12.8. The van der Waals surface area contributed by atoms with Gasteiger partial charge in [-0.05, 0) is 49.9 Å². The number of nitrogens with one attached hydrogen (secondary N) is 2. The van der Waals surface area contributed by atoms with Crippen molar-refractivity contribution in [2.24, 2.45) is 0 Å². The van der Waals surface area contributed by atoms with Crippen LogP contribution in [0, 0.1) is 0 Å². The Bertz CT molecular complexity index is 1320. The fourth-order valence-corrected chi connectivity index (χ4v) is 5.38. The average Bonchev–Trinajstić information content (AvgIpc) is 3.27. The number of carbonyl (C=O) groups is 1. The van der Waals surface area contributed by atoms with E-state index >= 15 is 0 Å². The van der Waals surface area contributed by atoms with Gasteiger partial charge in [-0.3, -0.25) is 9.59 Å². The Morgan fingerprint density at radius 3 is 2.62 bits per heavy atom. The molecule has 0 unspecified atom stereocenters. The number of phenolic OH excluding ortho intramolecular Hbond substituents is 1. The zero-order chi connectivity index (χ0) is 24.1. The van der Waals surface area contributed by atoms with E-state index in [4.69, 9.17) is 0 Å². The van der Waals surface area contributed by atoms with Gasteiger partial charge >= 0.3 is 0 Å². The zero-order valence-corrected chi connectivity index (χ0v) is 20.7. The number of hydrogen-bond acceptors (Lipinski definition) is 6. The summed E-state index contributed by atoms with van der Waals surface area (Å²) in [6.07, 6.45) is 1.63. The second-order valence-corrected chi connectivity index (χ2v) is 10.5. The molecule has 4 aromatic rings. The molecule has 0 aliphatic carbocycles. The molecule has 2 atom stereocenters. The van der Waals surface area contributed by atoms with Crippen LogP contribution in [-0.4, -0.2) is 32.3 Å². The number of thiophene rings is 1. The monoisotopic (exact) mass is 493 g/mol. The largest absolute Gasteiger partial charge is 0.508 e. The number of fused-ring (bicyclic) bond motifs is 1. The van der Waals surface area contributed by atoms with Crippen molar-refractivity contribution in [1.29, 1.82) is 0 Å². The number of aryl methyl sites for hydroxylation is 1. The van der Waals surface area contributed by atoms with E-state index in [-0.39, 0.29) is 28.5 Å². The van der Waals surface area contributed by atoms with Crippen molar-refractivity contribution in [2.45, 2.75) is 43.7 Å². The van der Waals surface area contributed by atoms with Crippen LogP contribution in [0.1, 0.15) is 31.7 Å². The lowest BCUT2D eigenvalue weighted by Gasteiger charge is -2.17. The van der Waals surface area contributed by atoms with E-state index in [1.165, 1.54) is 23.1 Å². The van der Waals surface area contributed by atoms with E-state index in [0.717, 1.165) is 29.5 Å². The smallest absolute Gasteiger partial charge is 0.260 e. The molecule has 2 aromatic heterocycles. The molecule has 0 aliphatic rings. The lowest BCUT2D eigenvalue weighted by atomic mass is 10.1. The van der Waals surface area contributed by atoms with Crippen molar-refractivity contribution in [3.8, 4) is 16.9 Å². The Kier molecular flexibility index (Phi) is 7.70. The molecule has 0 fully saturated rings. The van der Waals surface area contributed by atoms with E-state index in [0.29, 0.717) is 21.8 Å². The number of aromatic amines is 1. The summed E-state index contributed by atoms with van der Waals surface area (Å²) in [6.45, 7) is 3.85. The molecule has 1 amide bonds. The van der Waals surface area contributed by atoms with Gasteiger partial charge in [-0.2, -0.15) is 0 Å². The van der Waals surface area contributed by atoms with Crippen molar-refractivity contribution in [3.63, 3.8) is 0 Å². The fourth-order valence-electron chi connectivity index (χ4n) is 3.65. The highest BCUT2D eigenvalue weighted by molar-refractivity contribution is 7.99. The van der Waals surface area contributed by atoms with E-state index in [2.05, 4.69) is 15.3 Å². The number of benzene rings is 2. The summed E-state index contributed by atoms with van der Waals surface area (Å²) in [5.41, 5.74) is 2.85. The van der Waals surface area contributed by atoms with Gasteiger partial charge in [-0.15, -0.1) is 23.1 Å². The van der Waals surface area contributed by atoms with Crippen LogP contribution in [0.15, 0.2) is 64.8 Å². The lowest BCUT2D eigenvalue weighted by molar-refractivity contribution is -0.120. The van der Waals surface area contributed by atoms with Crippen molar-refractivity contribution < 1.29 is 9.90 Å². The maximum Gasteiger partial charge on any atom is 0.260 e. The van der Waals surface area contributed by atoms with Gasteiger partial charge in [-0.1, -0.05) is 42.5 Å². The first kappa shape index (κ1) is 24.0. The molecule has 176 valence electrons. The van der Waals surface area contributed by atoms with Crippen LogP contribution >= 0.6 is 23.1 Å². The Balaban J connectivity index is 1.32. The van der Waals surface area contributed by atoms with Gasteiger partial charge in [0.05, 0.1) is 16.4 Å². The van der Waals surface area contributed by atoms with E-state index < -0.39 is 0 Å². The van der Waals surface area contributed by atoms with Gasteiger partial charge in [-0.25, -0.2) is 4.98 Å². The normalized spacial score (nSPS) is 13.0. The fraction of sp³-hybridized carbons (Fsp3) is 0.269. The van der Waals surface area contributed by atoms with Crippen LogP contribution in [0.25, 0.3) is 21.3 Å². The summed E-state index contributed by atoms with van der Waals surface area (Å²) >= 11 is 2.91. The molecule has 4 rings (SSSR count). The van der Waals surface area contributed by atoms with Crippen molar-refractivity contribution >= 4 is 39.2 Å². The highest BCUT2D eigenvalue weighted by atomic mass is 32.2. The molecule has 0 aliphatic heterocycles. The maximum absolute atomic E-state index is 12.8. The zero-order valence-electron chi connectivity index (χ0n) is 19.1. The molecule has 2 heterocycles. The minimum absolute atomic E-state index is 0.0289. The Morgan fingerprint density at radius 2 is 1.88 bits per heavy atom. The molecule has 2 aromatic carbocycles. The Hall–Kier alpha value is -3.10. The Morgan fingerprint density at radius 1 is 1.15 bits per heavy atom. The third-order valence-electron chi connectivity index (χ3n) is 5.61. The summed E-state index contributed by atoms with van der Waals surface area (Å²) in [4.78, 5) is 33.6. The molecule has 8 heteroatoms. The van der Waals surface area contributed by atoms with Crippen LogP contribution in [-0.2, 0) is 17.0 Å². The van der Waals surface area contributed by atoms with Crippen LogP contribution in [0.4, 0.5) is 0 Å². The number of amides is 1. The number of nitrogens with zero attached hydrogens (tertiary/aromatic N) is 1. The predicted octanol–water partition coefficient (Wildman–Crippen LogP) is 5.12. The van der Waals surface area contributed by atoms with Crippen molar-refractivity contribution in [2.75, 3.05) is 0 Å². The van der Waals surface area contributed by atoms with Crippen molar-refractivity contribution in [3.05, 3.63) is 81.7 Å². The van der Waals surface area contributed by atoms with E-state index in [1.54, 1.807) is 12.1 Å². The number of phenols is 1. The number of H-pyrrole nitrogens is 1. The van der Waals surface area contributed by atoms with Crippen LogP contribution < -0.4 is 10.9 Å². The first-order valence-electron chi connectivity index (χ1n) is 11.2. The molecular formula is C26H27N3O3S2. The second-order valence-electron chi connectivity index (χ2n) is 8.28. The highest BCUT2D eigenvalue weighted by Gasteiger charge is 2.18. The molecule has 34 heavy (non-hydrogen) atoms. The summed E-state index contributed by atoms with van der Waals surface area (Å²) in [7, 11) is 0. The van der Waals surface area contributed by atoms with Crippen molar-refractivity contribution in [1.82, 2.24) is 15.3 Å². The number of aromatic hydroxyl groups is 1. The molecular weight excluding hydrogens is 466 g/mol. The molecule has 0 saturated carbocycles. The summed E-state index contributed by atoms with van der Waals surface area (Å²) in [5, 5.41) is 14.7. The van der Waals surface area contributed by atoms with E-state index in [1.807, 2.05) is 61.7 Å². The van der Waals surface area contributed by atoms with Crippen LogP contribution in [0.3, 0.4) is 0 Å². The SMILES string of the molecule is C[C@@H](CCc1ccc(O)cc1)NC(=O)[C@@H](C)SCc1nc2scc(-c3ccccc3)c2c(=O)[nH]1. The standard InChI is InChI=1S/C26H27N3O3S2/c1-16(8-9-18-10-12-20(30)13-11-18)27-24(31)17(2)33-15-22-28-25(32)23-21(14-34-26(23)29-22)19-6-4-3-5-7-19/h3-7,10-14,16-17,30H,8-9,15H2,1-2H3,(H,27,31)(H,28,29,32)/t16-,17+/m0/s1. The Labute approximate surface area is 206 Å². The average molecular weight is 494 g/mol. The van der Waals surface area contributed by atoms with Gasteiger partial charge in [0.25, 0.3) is 5.56 Å². The minimum Gasteiger partial charge on any atom is -0.508 e. The second kappa shape index (κ2) is 10.9. The first-order valence-corrected chi connectivity index (χ1v) is 13.1. The predicted molar refractivity (Wildman–Crippen MR) is 140 cm³/mol. The van der Waals surface area contributed by atoms with Gasteiger partial charge in [0.1, 0.15) is 16.4 Å². The van der Waals surface area contributed by atoms with E-state index in [9.17, 15) is 14.7 Å². The molecule has 0 bridgehead atoms. The van der Waals surface area contributed by atoms with Gasteiger partial charge < -0.3 is 15.4 Å². The van der Waals surface area contributed by atoms with Gasteiger partial charge in [0.2, 0.25) is 5.91 Å². The topological polar surface area (TPSA) is 95.1 Å². The summed E-state index contributed by atoms with van der Waals surface area (Å²) in [6, 6.07) is 17.0. The first-order chi connectivity index (χ1) is 16.4. The number of rotatable bonds is 9. The van der Waals surface area contributed by atoms with Crippen LogP contribution in [0.5, 0.6) is 5.75 Å². The van der Waals surface area contributed by atoms with Gasteiger partial charge in [0, 0.05) is 17.0 Å². The third kappa shape index (κ3) is 5.87. The summed E-state index contributed by atoms with van der Waals surface area (Å²) in [5.74, 6) is 1.24.